The van der Waals surface area contributed by atoms with Crippen LogP contribution in [0.1, 0.15) is 30.0 Å². The molecule has 7 heteroatoms. The van der Waals surface area contributed by atoms with Crippen LogP contribution in [0.25, 0.3) is 0 Å². The maximum absolute atomic E-state index is 12.7. The molecule has 0 aliphatic carbocycles. The van der Waals surface area contributed by atoms with Gasteiger partial charge in [-0.15, -0.1) is 0 Å². The van der Waals surface area contributed by atoms with E-state index in [0.29, 0.717) is 19.7 Å². The van der Waals surface area contributed by atoms with Crippen molar-refractivity contribution in [2.24, 2.45) is 0 Å². The second-order valence-electron chi connectivity index (χ2n) is 7.72. The average Bonchev–Trinajstić information content (AvgIpc) is 2.79. The quantitative estimate of drug-likeness (QED) is 0.656. The van der Waals surface area contributed by atoms with Crippen LogP contribution in [0.15, 0.2) is 54.9 Å². The highest BCUT2D eigenvalue weighted by Gasteiger charge is 2.51. The van der Waals surface area contributed by atoms with Gasteiger partial charge in [-0.1, -0.05) is 30.3 Å². The molecule has 1 aromatic heterocycles. The third kappa shape index (κ3) is 4.22. The van der Waals surface area contributed by atoms with Crippen LogP contribution in [0, 0.1) is 0 Å². The van der Waals surface area contributed by atoms with E-state index in [-0.39, 0.29) is 30.5 Å². The molecule has 2 amide bonds. The number of piperidine rings is 1. The summed E-state index contributed by atoms with van der Waals surface area (Å²) in [7, 11) is 1.57. The van der Waals surface area contributed by atoms with Crippen LogP contribution in [0.5, 0.6) is 0 Å². The summed E-state index contributed by atoms with van der Waals surface area (Å²) in [6.45, 7) is 1.76. The van der Waals surface area contributed by atoms with Crippen molar-refractivity contribution in [3.63, 3.8) is 0 Å². The van der Waals surface area contributed by atoms with E-state index in [9.17, 15) is 9.59 Å². The van der Waals surface area contributed by atoms with Crippen molar-refractivity contribution < 1.29 is 19.1 Å². The number of carbonyl (C=O) groups is 2. The fourth-order valence-corrected chi connectivity index (χ4v) is 4.33. The first kappa shape index (κ1) is 20.5. The molecule has 0 spiro atoms. The van der Waals surface area contributed by atoms with Crippen LogP contribution >= 0.6 is 0 Å². The number of rotatable bonds is 7. The van der Waals surface area contributed by atoms with Crippen molar-refractivity contribution in [2.45, 2.75) is 37.6 Å². The fraction of sp³-hybridized carbons (Fsp3) is 0.435. The summed E-state index contributed by atoms with van der Waals surface area (Å²) in [6, 6.07) is 13.7. The topological polar surface area (TPSA) is 72.0 Å². The van der Waals surface area contributed by atoms with Crippen LogP contribution in [-0.2, 0) is 25.7 Å². The summed E-state index contributed by atoms with van der Waals surface area (Å²) < 4.78 is 11.0. The van der Waals surface area contributed by atoms with Gasteiger partial charge in [0.2, 0.25) is 5.91 Å². The number of pyridine rings is 1. The van der Waals surface area contributed by atoms with Gasteiger partial charge in [-0.3, -0.25) is 14.6 Å². The van der Waals surface area contributed by atoms with E-state index >= 15 is 0 Å². The zero-order valence-corrected chi connectivity index (χ0v) is 17.1. The molecule has 0 radical (unpaired) electrons. The number of β-lactam (4-membered cyclic amide) rings is 1. The van der Waals surface area contributed by atoms with E-state index in [0.717, 1.165) is 24.0 Å². The number of amides is 2. The molecule has 2 aromatic rings. The van der Waals surface area contributed by atoms with Crippen molar-refractivity contribution in [1.82, 2.24) is 14.8 Å². The first-order valence-corrected chi connectivity index (χ1v) is 10.3. The van der Waals surface area contributed by atoms with Crippen molar-refractivity contribution >= 4 is 11.8 Å². The Morgan fingerprint density at radius 2 is 1.80 bits per heavy atom. The molecular weight excluding hydrogens is 382 g/mol. The van der Waals surface area contributed by atoms with Gasteiger partial charge in [-0.2, -0.15) is 0 Å². The number of methoxy groups -OCH3 is 1. The smallest absolute Gasteiger partial charge is 0.255 e. The molecule has 0 saturated carbocycles. The molecule has 0 unspecified atom stereocenters. The Kier molecular flexibility index (Phi) is 6.40. The van der Waals surface area contributed by atoms with E-state index in [1.54, 1.807) is 19.5 Å². The second-order valence-corrected chi connectivity index (χ2v) is 7.72. The maximum Gasteiger partial charge on any atom is 0.255 e. The van der Waals surface area contributed by atoms with E-state index in [1.807, 2.05) is 52.3 Å². The Labute approximate surface area is 176 Å². The Balaban J connectivity index is 1.29. The molecule has 2 saturated heterocycles. The van der Waals surface area contributed by atoms with E-state index in [4.69, 9.17) is 9.47 Å². The summed E-state index contributed by atoms with van der Waals surface area (Å²) >= 11 is 0. The zero-order valence-electron chi connectivity index (χ0n) is 17.1. The van der Waals surface area contributed by atoms with Gasteiger partial charge in [0.25, 0.3) is 5.91 Å². The molecule has 7 nitrogen and oxygen atoms in total. The number of nitrogens with zero attached hydrogens (tertiary/aromatic N) is 3. The molecule has 2 aliphatic heterocycles. The van der Waals surface area contributed by atoms with Crippen molar-refractivity contribution in [2.75, 3.05) is 26.8 Å². The second kappa shape index (κ2) is 9.36. The first-order chi connectivity index (χ1) is 14.7. The van der Waals surface area contributed by atoms with Crippen LogP contribution in [-0.4, -0.2) is 65.6 Å². The van der Waals surface area contributed by atoms with Gasteiger partial charge in [0.15, 0.2) is 6.10 Å². The fourth-order valence-electron chi connectivity index (χ4n) is 4.33. The van der Waals surface area contributed by atoms with E-state index in [1.165, 1.54) is 0 Å². The van der Waals surface area contributed by atoms with Gasteiger partial charge in [-0.05, 0) is 36.1 Å². The highest BCUT2D eigenvalue weighted by molar-refractivity contribution is 5.89. The summed E-state index contributed by atoms with van der Waals surface area (Å²) in [4.78, 5) is 33.0. The largest absolute Gasteiger partial charge is 0.369 e. The predicted molar refractivity (Wildman–Crippen MR) is 110 cm³/mol. The Hall–Kier alpha value is -2.77. The number of ether oxygens (including phenoxy) is 2. The maximum atomic E-state index is 12.7. The molecule has 2 atom stereocenters. The molecule has 4 rings (SSSR count). The number of aromatic nitrogens is 1. The molecule has 2 fully saturated rings. The summed E-state index contributed by atoms with van der Waals surface area (Å²) in [6.07, 6.45) is 4.54. The minimum atomic E-state index is -0.446. The Bertz CT molecular complexity index is 853. The van der Waals surface area contributed by atoms with Crippen LogP contribution < -0.4 is 0 Å². The highest BCUT2D eigenvalue weighted by atomic mass is 16.5. The minimum absolute atomic E-state index is 0.000214. The molecule has 0 bridgehead atoms. The molecule has 30 heavy (non-hydrogen) atoms. The molecule has 0 N–H and O–H groups in total. The Morgan fingerprint density at radius 1 is 1.10 bits per heavy atom. The van der Waals surface area contributed by atoms with Gasteiger partial charge in [0.05, 0.1) is 12.6 Å². The lowest BCUT2D eigenvalue weighted by atomic mass is 9.86. The highest BCUT2D eigenvalue weighted by Crippen LogP contribution is 2.40. The molecular formula is C23H27N3O4. The third-order valence-electron chi connectivity index (χ3n) is 5.93. The van der Waals surface area contributed by atoms with Crippen LogP contribution in [0.4, 0.5) is 0 Å². The molecule has 2 aliphatic rings. The minimum Gasteiger partial charge on any atom is -0.369 e. The number of benzene rings is 1. The lowest BCUT2D eigenvalue weighted by Gasteiger charge is -2.52. The summed E-state index contributed by atoms with van der Waals surface area (Å²) in [5.74, 6) is 0.0232. The van der Waals surface area contributed by atoms with Crippen LogP contribution in [0.2, 0.25) is 0 Å². The summed E-state index contributed by atoms with van der Waals surface area (Å²) in [5, 5.41) is 0. The first-order valence-electron chi connectivity index (χ1n) is 10.3. The van der Waals surface area contributed by atoms with E-state index in [2.05, 4.69) is 4.98 Å². The molecule has 3 heterocycles. The zero-order chi connectivity index (χ0) is 20.9. The van der Waals surface area contributed by atoms with Crippen LogP contribution in [0.3, 0.4) is 0 Å². The normalized spacial score (nSPS) is 22.1. The Morgan fingerprint density at radius 3 is 2.47 bits per heavy atom. The van der Waals surface area contributed by atoms with Crippen molar-refractivity contribution in [3.05, 3.63) is 66.0 Å². The predicted octanol–water partition coefficient (Wildman–Crippen LogP) is 2.19. The number of hydrogen-bond donors (Lipinski definition) is 0. The van der Waals surface area contributed by atoms with Gasteiger partial charge >= 0.3 is 0 Å². The van der Waals surface area contributed by atoms with Crippen molar-refractivity contribution in [1.29, 1.82) is 0 Å². The summed E-state index contributed by atoms with van der Waals surface area (Å²) in [5.41, 5.74) is 2.08. The SMILES string of the molecule is CO[C@H]1C(=O)N(C2CCN(C(=O)COCc3ccccc3)CC2)[C@H]1c1ccncc1. The number of hydrogen-bond acceptors (Lipinski definition) is 5. The lowest BCUT2D eigenvalue weighted by molar-refractivity contribution is -0.179. The van der Waals surface area contributed by atoms with E-state index < -0.39 is 6.10 Å². The molecule has 1 aromatic carbocycles. The van der Waals surface area contributed by atoms with Gasteiger partial charge < -0.3 is 19.3 Å². The average molecular weight is 409 g/mol. The number of likely N-dealkylation sites (tertiary alicyclic amines) is 2. The standard InChI is InChI=1S/C23H27N3O4/c1-29-22-21(18-7-11-24-12-8-18)26(23(22)28)19-9-13-25(14-10-19)20(27)16-30-15-17-5-3-2-4-6-17/h2-8,11-12,19,21-22H,9-10,13-16H2,1H3/t21-,22+/m0/s1. The van der Waals surface area contributed by atoms with Gasteiger partial charge in [0, 0.05) is 38.6 Å². The number of carbonyl (C=O) groups excluding carboxylic acids is 2. The van der Waals surface area contributed by atoms with Crippen molar-refractivity contribution in [3.8, 4) is 0 Å². The molecule has 158 valence electrons. The third-order valence-corrected chi connectivity index (χ3v) is 5.93. The van der Waals surface area contributed by atoms with Gasteiger partial charge in [-0.25, -0.2) is 0 Å². The lowest BCUT2D eigenvalue weighted by Crippen LogP contribution is -2.64. The van der Waals surface area contributed by atoms with Gasteiger partial charge in [0.1, 0.15) is 6.61 Å². The monoisotopic (exact) mass is 409 g/mol.